The Morgan fingerprint density at radius 1 is 1.00 bits per heavy atom. The van der Waals surface area contributed by atoms with Crippen molar-refractivity contribution in [2.24, 2.45) is 11.7 Å². The number of nitrogens with zero attached hydrogens (tertiary/aromatic N) is 5. The molecule has 11 heteroatoms. The van der Waals surface area contributed by atoms with Gasteiger partial charge in [-0.05, 0) is 93.5 Å². The first-order chi connectivity index (χ1) is 21.7. The largest absolute Gasteiger partial charge is 0.364 e. The number of halogens is 1. The minimum atomic E-state index is -0.719. The van der Waals surface area contributed by atoms with E-state index in [4.69, 9.17) is 10.7 Å². The van der Waals surface area contributed by atoms with Gasteiger partial charge in [0.15, 0.2) is 17.3 Å². The molecule has 2 atom stereocenters. The molecule has 3 fully saturated rings. The normalized spacial score (nSPS) is 20.6. The topological polar surface area (TPSA) is 125 Å². The molecule has 2 amide bonds. The second-order valence-corrected chi connectivity index (χ2v) is 12.6. The van der Waals surface area contributed by atoms with Crippen molar-refractivity contribution in [2.45, 2.75) is 51.0 Å². The summed E-state index contributed by atoms with van der Waals surface area (Å²) in [5, 5.41) is 3.16. The second kappa shape index (κ2) is 12.9. The highest BCUT2D eigenvalue weighted by atomic mass is 19.1. The molecule has 3 aliphatic rings. The number of nitrogens with one attached hydrogen (secondary N) is 1. The molecule has 0 bridgehead atoms. The minimum Gasteiger partial charge on any atom is -0.364 e. The number of carbonyl (C=O) groups excluding carboxylic acids is 3. The van der Waals surface area contributed by atoms with Crippen molar-refractivity contribution < 1.29 is 18.8 Å². The van der Waals surface area contributed by atoms with Gasteiger partial charge in [-0.3, -0.25) is 14.4 Å². The number of aromatic nitrogens is 2. The van der Waals surface area contributed by atoms with Crippen LogP contribution < -0.4 is 16.0 Å². The summed E-state index contributed by atoms with van der Waals surface area (Å²) in [6.07, 6.45) is 5.58. The molecule has 2 aliphatic heterocycles. The number of hydrogen-bond donors (Lipinski definition) is 2. The maximum Gasteiger partial charge on any atom is 0.271 e. The summed E-state index contributed by atoms with van der Waals surface area (Å²) in [7, 11) is 2.05. The van der Waals surface area contributed by atoms with E-state index in [1.807, 2.05) is 24.9 Å². The Labute approximate surface area is 262 Å². The number of rotatable bonds is 9. The van der Waals surface area contributed by atoms with Gasteiger partial charge in [0.1, 0.15) is 11.6 Å². The van der Waals surface area contributed by atoms with Crippen LogP contribution in [0.2, 0.25) is 0 Å². The quantitative estimate of drug-likeness (QED) is 0.336. The predicted molar refractivity (Wildman–Crippen MR) is 171 cm³/mol. The number of benzene rings is 2. The van der Waals surface area contributed by atoms with Gasteiger partial charge in [-0.15, -0.1) is 0 Å². The Morgan fingerprint density at radius 2 is 1.73 bits per heavy atom. The van der Waals surface area contributed by atoms with Crippen LogP contribution in [0.1, 0.15) is 81.7 Å². The van der Waals surface area contributed by atoms with Crippen LogP contribution in [-0.4, -0.2) is 83.2 Å². The van der Waals surface area contributed by atoms with E-state index in [1.165, 1.54) is 12.3 Å². The Hall–Kier alpha value is -4.38. The van der Waals surface area contributed by atoms with Gasteiger partial charge in [0.25, 0.3) is 11.8 Å². The average molecular weight is 614 g/mol. The molecule has 236 valence electrons. The zero-order valence-corrected chi connectivity index (χ0v) is 25.8. The van der Waals surface area contributed by atoms with Gasteiger partial charge in [0.2, 0.25) is 0 Å². The number of likely N-dealkylation sites (N-methyl/N-ethyl adjacent to an activating group) is 1. The molecule has 1 saturated carbocycles. The van der Waals surface area contributed by atoms with Crippen LogP contribution in [0.5, 0.6) is 0 Å². The fraction of sp³-hybridized carbons (Fsp3) is 0.441. The maximum absolute atomic E-state index is 14.9. The number of nitrogens with two attached hydrogens (primary N) is 1. The third kappa shape index (κ3) is 6.83. The van der Waals surface area contributed by atoms with Gasteiger partial charge in [-0.1, -0.05) is 6.07 Å². The Kier molecular flexibility index (Phi) is 8.80. The van der Waals surface area contributed by atoms with Crippen LogP contribution in [-0.2, 0) is 0 Å². The molecule has 2 aromatic carbocycles. The number of piperazine rings is 1. The van der Waals surface area contributed by atoms with E-state index in [0.717, 1.165) is 44.3 Å². The van der Waals surface area contributed by atoms with Gasteiger partial charge >= 0.3 is 0 Å². The standard InChI is InChI=1S/C34H40FN7O3/c1-21-24(19-29(43)27-12-9-25(18-28(27)35)22-5-6-22)4-3-13-42(21)30-20-37-31(32(36)44)33(39-30)38-26-10-7-23(8-11-26)34(45)41-16-14-40(2)15-17-41/h7-12,18,20-22,24H,3-6,13-17,19H2,1-2H3,(H2,36,44)(H,38,39)/t21-,24+/m1/s1. The summed E-state index contributed by atoms with van der Waals surface area (Å²) in [4.78, 5) is 53.6. The fourth-order valence-electron chi connectivity index (χ4n) is 6.41. The Balaban J connectivity index is 1.15. The second-order valence-electron chi connectivity index (χ2n) is 12.6. The lowest BCUT2D eigenvalue weighted by Gasteiger charge is -2.40. The third-order valence-corrected chi connectivity index (χ3v) is 9.41. The van der Waals surface area contributed by atoms with Gasteiger partial charge in [0, 0.05) is 56.4 Å². The van der Waals surface area contributed by atoms with Crippen molar-refractivity contribution in [1.29, 1.82) is 0 Å². The highest BCUT2D eigenvalue weighted by Gasteiger charge is 2.32. The SMILES string of the molecule is C[C@@H]1[C@H](CC(=O)c2ccc(C3CC3)cc2F)CCCN1c1cnc(C(N)=O)c(Nc2ccc(C(=O)N3CCN(C)CC3)cc2)n1. The number of hydrogen-bond acceptors (Lipinski definition) is 8. The Morgan fingerprint density at radius 3 is 2.40 bits per heavy atom. The molecule has 2 saturated heterocycles. The number of primary amides is 1. The van der Waals surface area contributed by atoms with Crippen LogP contribution in [0.25, 0.3) is 0 Å². The van der Waals surface area contributed by atoms with Gasteiger partial charge in [0.05, 0.1) is 11.8 Å². The summed E-state index contributed by atoms with van der Waals surface area (Å²) in [6, 6.07) is 12.0. The van der Waals surface area contributed by atoms with E-state index < -0.39 is 11.7 Å². The number of amides is 2. The predicted octanol–water partition coefficient (Wildman–Crippen LogP) is 4.60. The first-order valence-electron chi connectivity index (χ1n) is 15.8. The highest BCUT2D eigenvalue weighted by molar-refractivity contribution is 5.97. The maximum atomic E-state index is 14.9. The lowest BCUT2D eigenvalue weighted by Crippen LogP contribution is -2.47. The first-order valence-corrected chi connectivity index (χ1v) is 15.8. The van der Waals surface area contributed by atoms with E-state index in [0.29, 0.717) is 42.6 Å². The first kappa shape index (κ1) is 30.6. The number of ketones is 1. The molecule has 3 heterocycles. The summed E-state index contributed by atoms with van der Waals surface area (Å²) in [5.41, 5.74) is 7.97. The Bertz CT molecular complexity index is 1590. The van der Waals surface area contributed by atoms with Gasteiger partial charge < -0.3 is 25.8 Å². The van der Waals surface area contributed by atoms with Crippen molar-refractivity contribution >= 4 is 34.9 Å². The molecule has 6 rings (SSSR count). The number of carbonyl (C=O) groups is 3. The molecule has 10 nitrogen and oxygen atoms in total. The number of piperidine rings is 1. The number of Topliss-reactive ketones (excluding diaryl/α,β-unsaturated/α-hetero) is 1. The van der Waals surface area contributed by atoms with Gasteiger partial charge in [-0.25, -0.2) is 14.4 Å². The summed E-state index contributed by atoms with van der Waals surface area (Å²) < 4.78 is 14.9. The minimum absolute atomic E-state index is 0.00199. The lowest BCUT2D eigenvalue weighted by atomic mass is 9.84. The molecule has 3 aromatic rings. The third-order valence-electron chi connectivity index (χ3n) is 9.41. The van der Waals surface area contributed by atoms with Crippen LogP contribution in [0.3, 0.4) is 0 Å². The summed E-state index contributed by atoms with van der Waals surface area (Å²) in [6.45, 7) is 5.80. The molecule has 1 aliphatic carbocycles. The lowest BCUT2D eigenvalue weighted by molar-refractivity contribution is 0.0664. The zero-order chi connectivity index (χ0) is 31.7. The van der Waals surface area contributed by atoms with Crippen molar-refractivity contribution in [1.82, 2.24) is 19.8 Å². The van der Waals surface area contributed by atoms with Crippen molar-refractivity contribution in [2.75, 3.05) is 50.0 Å². The van der Waals surface area contributed by atoms with E-state index in [9.17, 15) is 18.8 Å². The van der Waals surface area contributed by atoms with Crippen LogP contribution >= 0.6 is 0 Å². The van der Waals surface area contributed by atoms with E-state index in [-0.39, 0.29) is 47.1 Å². The van der Waals surface area contributed by atoms with Crippen molar-refractivity contribution in [3.8, 4) is 0 Å². The van der Waals surface area contributed by atoms with Crippen molar-refractivity contribution in [3.05, 3.63) is 76.9 Å². The number of anilines is 3. The molecule has 0 radical (unpaired) electrons. The van der Waals surface area contributed by atoms with E-state index >= 15 is 0 Å². The smallest absolute Gasteiger partial charge is 0.271 e. The molecular formula is C34H40FN7O3. The molecule has 0 spiro atoms. The van der Waals surface area contributed by atoms with Crippen LogP contribution in [0.15, 0.2) is 48.7 Å². The van der Waals surface area contributed by atoms with Crippen LogP contribution in [0.4, 0.5) is 21.7 Å². The van der Waals surface area contributed by atoms with Gasteiger partial charge in [-0.2, -0.15) is 0 Å². The van der Waals surface area contributed by atoms with Crippen LogP contribution in [0, 0.1) is 11.7 Å². The monoisotopic (exact) mass is 613 g/mol. The van der Waals surface area contributed by atoms with E-state index in [1.54, 1.807) is 30.3 Å². The molecule has 3 N–H and O–H groups in total. The van der Waals surface area contributed by atoms with E-state index in [2.05, 4.69) is 20.1 Å². The van der Waals surface area contributed by atoms with Crippen molar-refractivity contribution in [3.63, 3.8) is 0 Å². The average Bonchev–Trinajstić information content (AvgIpc) is 3.88. The molecule has 0 unspecified atom stereocenters. The molecule has 45 heavy (non-hydrogen) atoms. The molecular weight excluding hydrogens is 573 g/mol. The fourth-order valence-corrected chi connectivity index (χ4v) is 6.41. The molecule has 1 aromatic heterocycles. The summed E-state index contributed by atoms with van der Waals surface area (Å²) >= 11 is 0. The highest BCUT2D eigenvalue weighted by Crippen LogP contribution is 2.40. The summed E-state index contributed by atoms with van der Waals surface area (Å²) in [5.74, 6) is -0.190. The zero-order valence-electron chi connectivity index (χ0n) is 25.8.